The third kappa shape index (κ3) is 3.99. The maximum atomic E-state index is 12.8. The third-order valence-corrected chi connectivity index (χ3v) is 8.78. The summed E-state index contributed by atoms with van der Waals surface area (Å²) in [5, 5.41) is 3.22. The summed E-state index contributed by atoms with van der Waals surface area (Å²) in [6.07, 6.45) is 6.07. The zero-order valence-corrected chi connectivity index (χ0v) is 18.6. The van der Waals surface area contributed by atoms with E-state index in [1.165, 1.54) is 57.6 Å². The molecule has 1 atom stereocenters. The van der Waals surface area contributed by atoms with Crippen molar-refractivity contribution in [2.75, 3.05) is 14.1 Å². The van der Waals surface area contributed by atoms with Gasteiger partial charge in [0.05, 0.1) is 10.5 Å². The van der Waals surface area contributed by atoms with E-state index in [1.807, 2.05) is 0 Å². The van der Waals surface area contributed by atoms with Gasteiger partial charge in [-0.1, -0.05) is 0 Å². The van der Waals surface area contributed by atoms with Crippen LogP contribution in [0.4, 0.5) is 0 Å². The standard InChI is InChI=1S/C22H30N2O5S/c1-14(20(25)23-22-11-15-8-16(12-22)10-17(9-15)13-22)29-21(26)18-4-6-19(7-5-18)30(27,28)24(2)3/h4-7,14-17H,8-13H2,1-3H3,(H,23,25). The van der Waals surface area contributed by atoms with E-state index in [-0.39, 0.29) is 21.9 Å². The van der Waals surface area contributed by atoms with Crippen molar-refractivity contribution in [2.24, 2.45) is 17.8 Å². The van der Waals surface area contributed by atoms with Crippen LogP contribution in [0.1, 0.15) is 55.8 Å². The Hall–Kier alpha value is -1.93. The van der Waals surface area contributed by atoms with Crippen LogP contribution in [-0.4, -0.2) is 50.3 Å². The molecule has 4 saturated carbocycles. The van der Waals surface area contributed by atoms with Gasteiger partial charge >= 0.3 is 5.97 Å². The van der Waals surface area contributed by atoms with E-state index in [0.29, 0.717) is 17.8 Å². The van der Waals surface area contributed by atoms with Crippen molar-refractivity contribution in [3.63, 3.8) is 0 Å². The summed E-state index contributed by atoms with van der Waals surface area (Å²) in [6, 6.07) is 5.54. The van der Waals surface area contributed by atoms with Crippen LogP contribution in [0.3, 0.4) is 0 Å². The molecular formula is C22H30N2O5S. The zero-order chi connectivity index (χ0) is 21.7. The van der Waals surface area contributed by atoms with Crippen molar-refractivity contribution < 1.29 is 22.7 Å². The van der Waals surface area contributed by atoms with Gasteiger partial charge in [-0.25, -0.2) is 17.5 Å². The van der Waals surface area contributed by atoms with Gasteiger partial charge in [-0.3, -0.25) is 4.79 Å². The monoisotopic (exact) mass is 434 g/mol. The molecular weight excluding hydrogens is 404 g/mol. The molecule has 4 fully saturated rings. The van der Waals surface area contributed by atoms with Crippen molar-refractivity contribution in [1.82, 2.24) is 9.62 Å². The fraction of sp³-hybridized carbons (Fsp3) is 0.636. The van der Waals surface area contributed by atoms with Gasteiger partial charge in [0.1, 0.15) is 0 Å². The number of ether oxygens (including phenoxy) is 1. The van der Waals surface area contributed by atoms with Crippen molar-refractivity contribution in [3.05, 3.63) is 29.8 Å². The molecule has 7 nitrogen and oxygen atoms in total. The molecule has 0 spiro atoms. The highest BCUT2D eigenvalue weighted by Gasteiger charge is 2.51. The molecule has 0 heterocycles. The van der Waals surface area contributed by atoms with Gasteiger partial charge in [0.2, 0.25) is 10.0 Å². The first-order valence-corrected chi connectivity index (χ1v) is 12.1. The molecule has 4 aliphatic carbocycles. The number of benzene rings is 1. The van der Waals surface area contributed by atoms with Crippen LogP contribution < -0.4 is 5.32 Å². The normalized spacial score (nSPS) is 30.9. The van der Waals surface area contributed by atoms with E-state index in [9.17, 15) is 18.0 Å². The fourth-order valence-corrected chi connectivity index (χ4v) is 6.78. The van der Waals surface area contributed by atoms with Gasteiger partial charge in [-0.15, -0.1) is 0 Å². The summed E-state index contributed by atoms with van der Waals surface area (Å²) >= 11 is 0. The predicted octanol–water partition coefficient (Wildman–Crippen LogP) is 2.57. The molecule has 1 amide bonds. The molecule has 4 aliphatic rings. The summed E-state index contributed by atoms with van der Waals surface area (Å²) in [4.78, 5) is 25.3. The third-order valence-electron chi connectivity index (χ3n) is 6.95. The Kier molecular flexibility index (Phi) is 5.43. The van der Waals surface area contributed by atoms with Crippen LogP contribution in [0.15, 0.2) is 29.2 Å². The Balaban J connectivity index is 1.37. The highest BCUT2D eigenvalue weighted by atomic mass is 32.2. The van der Waals surface area contributed by atoms with Crippen LogP contribution in [0.25, 0.3) is 0 Å². The summed E-state index contributed by atoms with van der Waals surface area (Å²) < 4.78 is 30.8. The van der Waals surface area contributed by atoms with E-state index < -0.39 is 22.1 Å². The number of sulfonamides is 1. The largest absolute Gasteiger partial charge is 0.449 e. The first-order valence-electron chi connectivity index (χ1n) is 10.6. The molecule has 4 bridgehead atoms. The summed E-state index contributed by atoms with van der Waals surface area (Å²) in [5.41, 5.74) is 0.0801. The summed E-state index contributed by atoms with van der Waals surface area (Å²) in [6.45, 7) is 1.58. The molecule has 164 valence electrons. The lowest BCUT2D eigenvalue weighted by Crippen LogP contribution is -2.61. The molecule has 30 heavy (non-hydrogen) atoms. The molecule has 1 aromatic rings. The number of nitrogens with zero attached hydrogens (tertiary/aromatic N) is 1. The number of carbonyl (C=O) groups is 2. The zero-order valence-electron chi connectivity index (χ0n) is 17.8. The van der Waals surface area contributed by atoms with Crippen molar-refractivity contribution in [3.8, 4) is 0 Å². The number of amides is 1. The maximum Gasteiger partial charge on any atom is 0.338 e. The van der Waals surface area contributed by atoms with E-state index in [4.69, 9.17) is 4.74 Å². The van der Waals surface area contributed by atoms with Crippen LogP contribution in [0.5, 0.6) is 0 Å². The van der Waals surface area contributed by atoms with Gasteiger partial charge in [-0.2, -0.15) is 0 Å². The summed E-state index contributed by atoms with van der Waals surface area (Å²) in [5.74, 6) is 1.25. The summed E-state index contributed by atoms with van der Waals surface area (Å²) in [7, 11) is -0.673. The molecule has 0 saturated heterocycles. The van der Waals surface area contributed by atoms with E-state index in [0.717, 1.165) is 23.6 Å². The lowest BCUT2D eigenvalue weighted by molar-refractivity contribution is -0.134. The average Bonchev–Trinajstić information content (AvgIpc) is 2.66. The Morgan fingerprint density at radius 2 is 1.53 bits per heavy atom. The Labute approximate surface area is 178 Å². The van der Waals surface area contributed by atoms with Crippen molar-refractivity contribution in [2.45, 2.75) is 62.0 Å². The van der Waals surface area contributed by atoms with Crippen LogP contribution in [-0.2, 0) is 19.6 Å². The smallest absolute Gasteiger partial charge is 0.338 e. The fourth-order valence-electron chi connectivity index (χ4n) is 5.88. The van der Waals surface area contributed by atoms with Gasteiger partial charge in [-0.05, 0) is 87.5 Å². The molecule has 5 rings (SSSR count). The molecule has 1 unspecified atom stereocenters. The Bertz CT molecular complexity index is 903. The molecule has 0 aromatic heterocycles. The highest BCUT2D eigenvalue weighted by Crippen LogP contribution is 2.55. The lowest BCUT2D eigenvalue weighted by atomic mass is 9.53. The lowest BCUT2D eigenvalue weighted by Gasteiger charge is -2.57. The molecule has 0 radical (unpaired) electrons. The minimum Gasteiger partial charge on any atom is -0.449 e. The average molecular weight is 435 g/mol. The Morgan fingerprint density at radius 1 is 1.03 bits per heavy atom. The van der Waals surface area contributed by atoms with Crippen molar-refractivity contribution >= 4 is 21.9 Å². The number of hydrogen-bond donors (Lipinski definition) is 1. The highest BCUT2D eigenvalue weighted by molar-refractivity contribution is 7.89. The maximum absolute atomic E-state index is 12.8. The number of esters is 1. The van der Waals surface area contributed by atoms with Crippen LogP contribution in [0, 0.1) is 17.8 Å². The first-order chi connectivity index (χ1) is 14.1. The number of nitrogens with one attached hydrogen (secondary N) is 1. The number of carbonyl (C=O) groups excluding carboxylic acids is 2. The second-order valence-corrected chi connectivity index (χ2v) is 11.7. The van der Waals surface area contributed by atoms with Crippen LogP contribution in [0.2, 0.25) is 0 Å². The van der Waals surface area contributed by atoms with E-state index >= 15 is 0 Å². The first kappa shape index (κ1) is 21.3. The van der Waals surface area contributed by atoms with Gasteiger partial charge in [0, 0.05) is 19.6 Å². The molecule has 8 heteroatoms. The van der Waals surface area contributed by atoms with E-state index in [1.54, 1.807) is 6.92 Å². The quantitative estimate of drug-likeness (QED) is 0.695. The van der Waals surface area contributed by atoms with Crippen molar-refractivity contribution in [1.29, 1.82) is 0 Å². The minimum absolute atomic E-state index is 0.0941. The molecule has 0 aliphatic heterocycles. The second-order valence-electron chi connectivity index (χ2n) is 9.55. The van der Waals surface area contributed by atoms with Crippen LogP contribution >= 0.6 is 0 Å². The molecule has 1 aromatic carbocycles. The SMILES string of the molecule is CC(OC(=O)c1ccc(S(=O)(=O)N(C)C)cc1)C(=O)NC12CC3CC(CC(C3)C1)C2. The predicted molar refractivity (Wildman–Crippen MR) is 111 cm³/mol. The van der Waals surface area contributed by atoms with E-state index in [2.05, 4.69) is 5.32 Å². The van der Waals surface area contributed by atoms with Gasteiger partial charge in [0.25, 0.3) is 5.91 Å². The molecule has 1 N–H and O–H groups in total. The minimum atomic E-state index is -3.56. The topological polar surface area (TPSA) is 92.8 Å². The second kappa shape index (κ2) is 7.64. The van der Waals surface area contributed by atoms with Gasteiger partial charge in [0.15, 0.2) is 6.10 Å². The Morgan fingerprint density at radius 3 is 2.00 bits per heavy atom. The number of hydrogen-bond acceptors (Lipinski definition) is 5. The number of rotatable bonds is 6. The van der Waals surface area contributed by atoms with Gasteiger partial charge < -0.3 is 10.1 Å².